The van der Waals surface area contributed by atoms with E-state index < -0.39 is 5.41 Å². The number of hydrogen-bond donors (Lipinski definition) is 2. The Morgan fingerprint density at radius 2 is 2.00 bits per heavy atom. The minimum absolute atomic E-state index is 0.0266. The molecule has 1 aromatic heterocycles. The van der Waals surface area contributed by atoms with Crippen LogP contribution in [0.1, 0.15) is 12.5 Å². The monoisotopic (exact) mass is 289 g/mol. The normalized spacial score (nSPS) is 12.0. The maximum atomic E-state index is 9.37. The second kappa shape index (κ2) is 6.85. The van der Waals surface area contributed by atoms with E-state index in [9.17, 15) is 10.2 Å². The fourth-order valence-electron chi connectivity index (χ4n) is 2.39. The molecule has 0 saturated carbocycles. The summed E-state index contributed by atoms with van der Waals surface area (Å²) in [6, 6.07) is 10.1. The Hall–Kier alpha value is -1.69. The Morgan fingerprint density at radius 3 is 2.62 bits per heavy atom. The third-order valence-corrected chi connectivity index (χ3v) is 3.55. The Kier molecular flexibility index (Phi) is 5.12. The molecule has 0 aliphatic heterocycles. The highest BCUT2D eigenvalue weighted by atomic mass is 16.3. The summed E-state index contributed by atoms with van der Waals surface area (Å²) in [6.07, 6.45) is 3.67. The molecular formula is C16H23N3O2. The zero-order valence-electron chi connectivity index (χ0n) is 12.6. The van der Waals surface area contributed by atoms with Gasteiger partial charge in [0.1, 0.15) is 0 Å². The summed E-state index contributed by atoms with van der Waals surface area (Å²) in [6.45, 7) is 3.21. The predicted molar refractivity (Wildman–Crippen MR) is 82.2 cm³/mol. The molecule has 0 spiro atoms. The van der Waals surface area contributed by atoms with Crippen molar-refractivity contribution in [3.63, 3.8) is 0 Å². The molecule has 5 heteroatoms. The van der Waals surface area contributed by atoms with E-state index >= 15 is 0 Å². The second-order valence-electron chi connectivity index (χ2n) is 5.92. The summed E-state index contributed by atoms with van der Waals surface area (Å²) in [5.41, 5.74) is 1.72. The van der Waals surface area contributed by atoms with Crippen LogP contribution in [-0.2, 0) is 6.54 Å². The molecule has 0 bridgehead atoms. The van der Waals surface area contributed by atoms with Crippen LogP contribution in [0.5, 0.6) is 0 Å². The lowest BCUT2D eigenvalue weighted by atomic mass is 9.92. The maximum Gasteiger partial charge on any atom is 0.0648 e. The molecule has 21 heavy (non-hydrogen) atoms. The van der Waals surface area contributed by atoms with Crippen molar-refractivity contribution in [2.75, 3.05) is 26.8 Å². The van der Waals surface area contributed by atoms with Crippen molar-refractivity contribution in [3.05, 3.63) is 48.3 Å². The van der Waals surface area contributed by atoms with Crippen LogP contribution in [0.4, 0.5) is 0 Å². The highest BCUT2D eigenvalue weighted by molar-refractivity contribution is 5.34. The van der Waals surface area contributed by atoms with Crippen molar-refractivity contribution in [2.45, 2.75) is 13.5 Å². The molecule has 0 atom stereocenters. The third-order valence-electron chi connectivity index (χ3n) is 3.55. The second-order valence-corrected chi connectivity index (χ2v) is 5.92. The van der Waals surface area contributed by atoms with E-state index in [1.54, 1.807) is 6.20 Å². The zero-order valence-corrected chi connectivity index (χ0v) is 12.6. The lowest BCUT2D eigenvalue weighted by Crippen LogP contribution is -2.38. The molecular weight excluding hydrogens is 266 g/mol. The SMILES string of the molecule is CN(Cc1cccc(-n2cccn2)c1)CC(C)(CO)CO. The Balaban J connectivity index is 2.04. The molecule has 0 amide bonds. The number of aliphatic hydroxyl groups is 2. The van der Waals surface area contributed by atoms with Crippen LogP contribution in [0.2, 0.25) is 0 Å². The summed E-state index contributed by atoms with van der Waals surface area (Å²) in [4.78, 5) is 2.11. The molecule has 114 valence electrons. The fraction of sp³-hybridized carbons (Fsp3) is 0.438. The Labute approximate surface area is 125 Å². The van der Waals surface area contributed by atoms with Gasteiger partial charge in [-0.3, -0.25) is 0 Å². The van der Waals surface area contributed by atoms with Crippen LogP contribution < -0.4 is 0 Å². The van der Waals surface area contributed by atoms with E-state index in [0.29, 0.717) is 6.54 Å². The van der Waals surface area contributed by atoms with Gasteiger partial charge < -0.3 is 15.1 Å². The van der Waals surface area contributed by atoms with Crippen molar-refractivity contribution in [1.29, 1.82) is 0 Å². The van der Waals surface area contributed by atoms with Crippen molar-refractivity contribution >= 4 is 0 Å². The molecule has 0 aliphatic carbocycles. The number of rotatable bonds is 7. The average Bonchev–Trinajstić information content (AvgIpc) is 3.01. The van der Waals surface area contributed by atoms with Crippen LogP contribution in [0.15, 0.2) is 42.7 Å². The van der Waals surface area contributed by atoms with Gasteiger partial charge in [0.15, 0.2) is 0 Å². The first-order valence-corrected chi connectivity index (χ1v) is 7.05. The van der Waals surface area contributed by atoms with Crippen molar-refractivity contribution in [3.8, 4) is 5.69 Å². The average molecular weight is 289 g/mol. The lowest BCUT2D eigenvalue weighted by Gasteiger charge is -2.30. The van der Waals surface area contributed by atoms with Gasteiger partial charge in [-0.25, -0.2) is 4.68 Å². The van der Waals surface area contributed by atoms with Gasteiger partial charge >= 0.3 is 0 Å². The van der Waals surface area contributed by atoms with Gasteiger partial charge in [0.2, 0.25) is 0 Å². The molecule has 0 radical (unpaired) electrons. The van der Waals surface area contributed by atoms with Crippen LogP contribution in [0, 0.1) is 5.41 Å². The number of aromatic nitrogens is 2. The van der Waals surface area contributed by atoms with E-state index in [1.165, 1.54) is 5.56 Å². The molecule has 0 fully saturated rings. The number of benzene rings is 1. The standard InChI is InChI=1S/C16H23N3O2/c1-16(12-20,13-21)11-18(2)10-14-5-3-6-15(9-14)19-8-4-7-17-19/h3-9,20-21H,10-13H2,1-2H3. The van der Waals surface area contributed by atoms with Gasteiger partial charge in [-0.15, -0.1) is 0 Å². The number of aliphatic hydroxyl groups excluding tert-OH is 2. The number of hydrogen-bond acceptors (Lipinski definition) is 4. The molecule has 0 saturated heterocycles. The Morgan fingerprint density at radius 1 is 1.24 bits per heavy atom. The third kappa shape index (κ3) is 4.14. The van der Waals surface area contributed by atoms with E-state index in [-0.39, 0.29) is 13.2 Å². The van der Waals surface area contributed by atoms with E-state index in [1.807, 2.05) is 43.0 Å². The number of nitrogens with zero attached hydrogens (tertiary/aromatic N) is 3. The Bertz CT molecular complexity index is 550. The molecule has 1 aromatic carbocycles. The van der Waals surface area contributed by atoms with E-state index in [2.05, 4.69) is 22.1 Å². The fourth-order valence-corrected chi connectivity index (χ4v) is 2.39. The van der Waals surface area contributed by atoms with Gasteiger partial charge in [0, 0.05) is 30.9 Å². The smallest absolute Gasteiger partial charge is 0.0648 e. The van der Waals surface area contributed by atoms with E-state index in [4.69, 9.17) is 0 Å². The van der Waals surface area contributed by atoms with Gasteiger partial charge in [-0.05, 0) is 30.8 Å². The van der Waals surface area contributed by atoms with Crippen LogP contribution in [0.3, 0.4) is 0 Å². The molecule has 2 N–H and O–H groups in total. The first kappa shape index (κ1) is 15.7. The van der Waals surface area contributed by atoms with Gasteiger partial charge in [0.25, 0.3) is 0 Å². The molecule has 5 nitrogen and oxygen atoms in total. The largest absolute Gasteiger partial charge is 0.396 e. The molecule has 0 unspecified atom stereocenters. The summed E-state index contributed by atoms with van der Waals surface area (Å²) < 4.78 is 1.83. The zero-order chi connectivity index (χ0) is 15.3. The van der Waals surface area contributed by atoms with Gasteiger partial charge in [0.05, 0.1) is 18.9 Å². The first-order valence-electron chi connectivity index (χ1n) is 7.05. The quantitative estimate of drug-likeness (QED) is 0.806. The van der Waals surface area contributed by atoms with Crippen LogP contribution in [-0.4, -0.2) is 51.7 Å². The summed E-state index contributed by atoms with van der Waals surface area (Å²) in [5.74, 6) is 0. The minimum atomic E-state index is -0.478. The summed E-state index contributed by atoms with van der Waals surface area (Å²) in [7, 11) is 1.99. The van der Waals surface area contributed by atoms with Crippen LogP contribution in [0.25, 0.3) is 5.69 Å². The van der Waals surface area contributed by atoms with Crippen molar-refractivity contribution < 1.29 is 10.2 Å². The topological polar surface area (TPSA) is 61.5 Å². The maximum absolute atomic E-state index is 9.37. The minimum Gasteiger partial charge on any atom is -0.396 e. The molecule has 0 aliphatic rings. The molecule has 2 aromatic rings. The van der Waals surface area contributed by atoms with E-state index in [0.717, 1.165) is 12.2 Å². The van der Waals surface area contributed by atoms with Crippen molar-refractivity contribution in [2.24, 2.45) is 5.41 Å². The van der Waals surface area contributed by atoms with Crippen molar-refractivity contribution in [1.82, 2.24) is 14.7 Å². The van der Waals surface area contributed by atoms with Gasteiger partial charge in [-0.1, -0.05) is 19.1 Å². The van der Waals surface area contributed by atoms with Gasteiger partial charge in [-0.2, -0.15) is 5.10 Å². The van der Waals surface area contributed by atoms with Crippen LogP contribution >= 0.6 is 0 Å². The molecule has 1 heterocycles. The predicted octanol–water partition coefficient (Wildman–Crippen LogP) is 1.29. The first-order chi connectivity index (χ1) is 10.1. The summed E-state index contributed by atoms with van der Waals surface area (Å²) in [5, 5.41) is 23.0. The molecule has 2 rings (SSSR count). The highest BCUT2D eigenvalue weighted by Gasteiger charge is 2.24. The summed E-state index contributed by atoms with van der Waals surface area (Å²) >= 11 is 0. The highest BCUT2D eigenvalue weighted by Crippen LogP contribution is 2.18. The lowest BCUT2D eigenvalue weighted by molar-refractivity contribution is 0.0402.